The van der Waals surface area contributed by atoms with E-state index >= 15 is 0 Å². The quantitative estimate of drug-likeness (QED) is 0.629. The second-order valence-corrected chi connectivity index (χ2v) is 4.91. The smallest absolute Gasteiger partial charge is 0.258 e. The molecule has 0 aliphatic heterocycles. The highest BCUT2D eigenvalue weighted by Crippen LogP contribution is 2.54. The Morgan fingerprint density at radius 1 is 0.800 bits per heavy atom. The van der Waals surface area contributed by atoms with Gasteiger partial charge in [0.05, 0.1) is 20.1 Å². The summed E-state index contributed by atoms with van der Waals surface area (Å²) in [4.78, 5) is 29.9. The summed E-state index contributed by atoms with van der Waals surface area (Å²) < 4.78 is 0. The zero-order valence-electron chi connectivity index (χ0n) is 9.68. The van der Waals surface area contributed by atoms with Crippen LogP contribution in [0.2, 0.25) is 0 Å². The Hall–Kier alpha value is -2.80. The first-order valence-electron chi connectivity index (χ1n) is 5.18. The maximum Gasteiger partial charge on any atom is 0.427 e. The Labute approximate surface area is 112 Å². The summed E-state index contributed by atoms with van der Waals surface area (Å²) in [5.41, 5.74) is -2.20. The molecule has 0 aliphatic carbocycles. The lowest BCUT2D eigenvalue weighted by atomic mass is 10.1. The fourth-order valence-corrected chi connectivity index (χ4v) is 3.06. The Morgan fingerprint density at radius 2 is 1.35 bits per heavy atom. The molecule has 0 spiro atoms. The van der Waals surface area contributed by atoms with Crippen molar-refractivity contribution < 1.29 is 14.8 Å². The van der Waals surface area contributed by atoms with Crippen LogP contribution < -0.4 is 0 Å². The molecule has 10 heteroatoms. The van der Waals surface area contributed by atoms with Crippen LogP contribution in [0.1, 0.15) is 0 Å². The van der Waals surface area contributed by atoms with Gasteiger partial charge in [0.1, 0.15) is 0 Å². The van der Waals surface area contributed by atoms with Gasteiger partial charge in [-0.3, -0.25) is 30.3 Å². The van der Waals surface area contributed by atoms with Crippen molar-refractivity contribution in [2.75, 3.05) is 0 Å². The minimum atomic E-state index is -1.07. The average Bonchev–Trinajstić information content (AvgIpc) is 2.80. The van der Waals surface area contributed by atoms with E-state index in [0.29, 0.717) is 5.56 Å². The number of rotatable bonds is 4. The third-order valence-corrected chi connectivity index (χ3v) is 3.97. The van der Waals surface area contributed by atoms with E-state index in [1.807, 2.05) is 0 Å². The van der Waals surface area contributed by atoms with Gasteiger partial charge >= 0.3 is 16.8 Å². The van der Waals surface area contributed by atoms with Gasteiger partial charge in [-0.25, -0.2) is 0 Å². The SMILES string of the molecule is O=[N+]([O-])c1[pH]c(-c2ccccc2)c([N+](=O)[O-])c1[N+](=O)[O-]. The molecular weight excluding hydrogens is 289 g/mol. The summed E-state index contributed by atoms with van der Waals surface area (Å²) in [6.07, 6.45) is 0. The van der Waals surface area contributed by atoms with E-state index in [1.54, 1.807) is 18.2 Å². The van der Waals surface area contributed by atoms with E-state index < -0.39 is 39.8 Å². The second-order valence-electron chi connectivity index (χ2n) is 3.68. The first-order chi connectivity index (χ1) is 9.43. The molecule has 2 aromatic rings. The molecule has 1 aromatic heterocycles. The molecule has 0 N–H and O–H groups in total. The lowest BCUT2D eigenvalue weighted by Crippen LogP contribution is -1.97. The van der Waals surface area contributed by atoms with Crippen LogP contribution in [0.4, 0.5) is 16.8 Å². The van der Waals surface area contributed by atoms with Crippen LogP contribution in [0.3, 0.4) is 0 Å². The second kappa shape index (κ2) is 5.06. The van der Waals surface area contributed by atoms with Crippen LogP contribution in [0.25, 0.3) is 10.9 Å². The molecule has 0 bridgehead atoms. The third-order valence-electron chi connectivity index (χ3n) is 2.54. The van der Waals surface area contributed by atoms with Gasteiger partial charge < -0.3 is 0 Å². The van der Waals surface area contributed by atoms with E-state index in [4.69, 9.17) is 0 Å². The van der Waals surface area contributed by atoms with Crippen molar-refractivity contribution >= 4 is 25.0 Å². The van der Waals surface area contributed by atoms with Crippen molar-refractivity contribution in [2.24, 2.45) is 0 Å². The number of nitro groups is 3. The van der Waals surface area contributed by atoms with Crippen molar-refractivity contribution in [3.63, 3.8) is 0 Å². The molecule has 1 atom stereocenters. The van der Waals surface area contributed by atoms with Crippen LogP contribution in [-0.4, -0.2) is 14.8 Å². The minimum absolute atomic E-state index is 0.00833. The maximum absolute atomic E-state index is 11.1. The summed E-state index contributed by atoms with van der Waals surface area (Å²) in [7, 11) is -0.728. The first kappa shape index (κ1) is 13.6. The fourth-order valence-electron chi connectivity index (χ4n) is 1.76. The molecule has 0 saturated heterocycles. The third kappa shape index (κ3) is 2.21. The van der Waals surface area contributed by atoms with Gasteiger partial charge in [-0.15, -0.1) is 0 Å². The van der Waals surface area contributed by atoms with Crippen LogP contribution in [0, 0.1) is 30.3 Å². The minimum Gasteiger partial charge on any atom is -0.258 e. The van der Waals surface area contributed by atoms with Gasteiger partial charge in [0, 0.05) is 0 Å². The summed E-state index contributed by atoms with van der Waals surface area (Å²) in [6, 6.07) is 7.91. The Morgan fingerprint density at radius 3 is 1.80 bits per heavy atom. The molecule has 1 unspecified atom stereocenters. The summed E-state index contributed by atoms with van der Waals surface area (Å²) in [6.45, 7) is 0. The first-order valence-corrected chi connectivity index (χ1v) is 6.18. The van der Waals surface area contributed by atoms with Crippen molar-refractivity contribution in [3.05, 3.63) is 60.7 Å². The average molecular weight is 295 g/mol. The molecule has 1 aromatic carbocycles. The zero-order valence-corrected chi connectivity index (χ0v) is 10.7. The van der Waals surface area contributed by atoms with E-state index in [1.165, 1.54) is 12.1 Å². The highest BCUT2D eigenvalue weighted by molar-refractivity contribution is 7.38. The van der Waals surface area contributed by atoms with Gasteiger partial charge in [-0.05, 0) is 13.8 Å². The van der Waals surface area contributed by atoms with Crippen molar-refractivity contribution in [3.8, 4) is 10.9 Å². The van der Waals surface area contributed by atoms with E-state index in [0.717, 1.165) is 0 Å². The lowest BCUT2D eigenvalue weighted by molar-refractivity contribution is -0.437. The number of nitrogens with zero attached hydrogens (tertiary/aromatic N) is 3. The highest BCUT2D eigenvalue weighted by atomic mass is 31.0. The van der Waals surface area contributed by atoms with Crippen LogP contribution in [0.15, 0.2) is 30.3 Å². The van der Waals surface area contributed by atoms with E-state index in [-0.39, 0.29) is 5.30 Å². The number of hydrogen-bond donors (Lipinski definition) is 0. The highest BCUT2D eigenvalue weighted by Gasteiger charge is 2.42. The van der Waals surface area contributed by atoms with Gasteiger partial charge in [0.2, 0.25) is 0 Å². The van der Waals surface area contributed by atoms with Crippen LogP contribution in [0.5, 0.6) is 0 Å². The van der Waals surface area contributed by atoms with Crippen molar-refractivity contribution in [1.29, 1.82) is 0 Å². The maximum atomic E-state index is 11.1. The standard InChI is InChI=1S/C10H6N3O6P/c14-11(15)7-8(12(16)17)10(13(18)19)20-9(7)6-4-2-1-3-5-6/h1-5,20H. The molecule has 0 fully saturated rings. The van der Waals surface area contributed by atoms with Crippen molar-refractivity contribution in [1.82, 2.24) is 0 Å². The Bertz CT molecular complexity index is 711. The topological polar surface area (TPSA) is 129 Å². The normalized spacial score (nSPS) is 10.6. The van der Waals surface area contributed by atoms with Gasteiger partial charge in [-0.1, -0.05) is 30.3 Å². The lowest BCUT2D eigenvalue weighted by Gasteiger charge is -1.96. The molecular formula is C10H6N3O6P. The predicted molar refractivity (Wildman–Crippen MR) is 71.3 cm³/mol. The van der Waals surface area contributed by atoms with Crippen LogP contribution >= 0.6 is 8.19 Å². The Balaban J connectivity index is 2.82. The summed E-state index contributed by atoms with van der Waals surface area (Å²) >= 11 is 0. The van der Waals surface area contributed by atoms with E-state index in [2.05, 4.69) is 0 Å². The van der Waals surface area contributed by atoms with Gasteiger partial charge in [-0.2, -0.15) is 0 Å². The van der Waals surface area contributed by atoms with Gasteiger partial charge in [0.15, 0.2) is 0 Å². The summed E-state index contributed by atoms with van der Waals surface area (Å²) in [5.74, 6) is 0. The molecule has 0 saturated carbocycles. The molecule has 20 heavy (non-hydrogen) atoms. The monoisotopic (exact) mass is 295 g/mol. The predicted octanol–water partition coefficient (Wildman–Crippen LogP) is 3.11. The van der Waals surface area contributed by atoms with Gasteiger partial charge in [0.25, 0.3) is 0 Å². The van der Waals surface area contributed by atoms with Crippen molar-refractivity contribution in [2.45, 2.75) is 0 Å². The fraction of sp³-hybridized carbons (Fsp3) is 0. The molecule has 0 amide bonds. The summed E-state index contributed by atoms with van der Waals surface area (Å²) in [5, 5.41) is 32.8. The van der Waals surface area contributed by atoms with E-state index in [9.17, 15) is 30.3 Å². The molecule has 0 aliphatic rings. The molecule has 102 valence electrons. The molecule has 9 nitrogen and oxygen atoms in total. The largest absolute Gasteiger partial charge is 0.427 e. The number of benzene rings is 1. The molecule has 2 rings (SSSR count). The number of hydrogen-bond acceptors (Lipinski definition) is 6. The molecule has 1 heterocycles. The van der Waals surface area contributed by atoms with Crippen LogP contribution in [-0.2, 0) is 0 Å². The zero-order chi connectivity index (χ0) is 14.9. The Kier molecular flexibility index (Phi) is 3.45. The molecule has 0 radical (unpaired) electrons.